The number of rotatable bonds is 9. The van der Waals surface area contributed by atoms with Crippen molar-refractivity contribution in [2.75, 3.05) is 43.9 Å². The highest BCUT2D eigenvalue weighted by atomic mass is 79.9. The molecule has 1 N–H and O–H groups in total. The first-order valence-corrected chi connectivity index (χ1v) is 14.9. The number of halogens is 1. The van der Waals surface area contributed by atoms with Gasteiger partial charge in [0.15, 0.2) is 0 Å². The Bertz CT molecular complexity index is 1250. The van der Waals surface area contributed by atoms with Crippen molar-refractivity contribution in [3.8, 4) is 11.1 Å². The lowest BCUT2D eigenvalue weighted by atomic mass is 10.0. The Morgan fingerprint density at radius 1 is 0.949 bits per heavy atom. The molecule has 0 aromatic heterocycles. The van der Waals surface area contributed by atoms with Crippen molar-refractivity contribution in [1.82, 2.24) is 9.80 Å². The lowest BCUT2D eigenvalue weighted by Crippen LogP contribution is -2.36. The Kier molecular flexibility index (Phi) is 8.99. The molecular weight excluding hydrogens is 554 g/mol. The summed E-state index contributed by atoms with van der Waals surface area (Å²) in [6.07, 6.45) is 2.30. The van der Waals surface area contributed by atoms with Gasteiger partial charge in [0.25, 0.3) is 5.91 Å². The van der Waals surface area contributed by atoms with Gasteiger partial charge in [-0.25, -0.2) is 4.79 Å². The zero-order valence-electron chi connectivity index (χ0n) is 22.4. The molecule has 6 nitrogen and oxygen atoms in total. The molecule has 3 atom stereocenters. The number of alkyl halides is 1. The van der Waals surface area contributed by atoms with E-state index in [0.717, 1.165) is 66.6 Å². The fraction of sp³-hybridized carbons (Fsp3) is 0.375. The lowest BCUT2D eigenvalue weighted by Gasteiger charge is -2.23. The van der Waals surface area contributed by atoms with Crippen LogP contribution in [-0.2, 0) is 11.2 Å². The molecule has 1 aliphatic carbocycles. The minimum absolute atomic E-state index is 0.0530. The maximum absolute atomic E-state index is 12.8. The van der Waals surface area contributed by atoms with Crippen LogP contribution in [0.3, 0.4) is 0 Å². The van der Waals surface area contributed by atoms with Gasteiger partial charge < -0.3 is 14.5 Å². The normalized spacial score (nSPS) is 20.4. The molecule has 39 heavy (non-hydrogen) atoms. The largest absolute Gasteiger partial charge is 0.446 e. The number of likely N-dealkylation sites (N-methyl/N-ethyl adjacent to an activating group) is 1. The first-order chi connectivity index (χ1) is 19.0. The van der Waals surface area contributed by atoms with Gasteiger partial charge in [0.05, 0.1) is 5.69 Å². The van der Waals surface area contributed by atoms with E-state index in [9.17, 15) is 9.59 Å². The molecule has 2 aliphatic rings. The van der Waals surface area contributed by atoms with Gasteiger partial charge in [-0.3, -0.25) is 10.1 Å². The van der Waals surface area contributed by atoms with Crippen LogP contribution in [0.5, 0.6) is 0 Å². The minimum Gasteiger partial charge on any atom is -0.446 e. The van der Waals surface area contributed by atoms with Crippen LogP contribution in [0, 0.1) is 11.8 Å². The van der Waals surface area contributed by atoms with Crippen molar-refractivity contribution in [2.45, 2.75) is 25.4 Å². The predicted octanol–water partition coefficient (Wildman–Crippen LogP) is 6.32. The topological polar surface area (TPSA) is 61.9 Å². The van der Waals surface area contributed by atoms with Crippen LogP contribution in [-0.4, -0.2) is 66.5 Å². The summed E-state index contributed by atoms with van der Waals surface area (Å²) in [4.78, 5) is 29.9. The number of hydrogen-bond donors (Lipinski definition) is 1. The van der Waals surface area contributed by atoms with E-state index in [0.29, 0.717) is 18.4 Å². The highest BCUT2D eigenvalue weighted by Crippen LogP contribution is 2.39. The predicted molar refractivity (Wildman–Crippen MR) is 159 cm³/mol. The van der Waals surface area contributed by atoms with Gasteiger partial charge in [0, 0.05) is 49.7 Å². The number of nitrogens with one attached hydrogen (secondary N) is 1. The molecule has 3 aromatic carbocycles. The summed E-state index contributed by atoms with van der Waals surface area (Å²) in [5, 5.41) is 3.88. The number of aryl methyl sites for hydroxylation is 1. The number of nitrogens with zero attached hydrogens (tertiary/aromatic N) is 2. The van der Waals surface area contributed by atoms with Crippen molar-refractivity contribution in [3.05, 3.63) is 90.0 Å². The SMILES string of the molecule is CN(CCN1C[C@H]2C[C@H](OC(=O)Nc3ccccc3-c3ccccc3)C[C@H]2C1)C(=O)c1ccc(CCBr)cc1. The highest BCUT2D eigenvalue weighted by Gasteiger charge is 2.42. The Morgan fingerprint density at radius 2 is 1.62 bits per heavy atom. The molecule has 7 heteroatoms. The van der Waals surface area contributed by atoms with E-state index in [-0.39, 0.29) is 18.1 Å². The van der Waals surface area contributed by atoms with Crippen molar-refractivity contribution >= 4 is 33.6 Å². The standard InChI is InChI=1S/C32H36BrN3O3/c1-35(31(37)25-13-11-23(12-14-25)15-16-33)17-18-36-21-26-19-28(20-27(26)22-36)39-32(38)34-30-10-6-5-9-29(30)24-7-3-2-4-8-24/h2-14,26-28H,15-22H2,1H3,(H,34,38)/t26-,27+,28+. The summed E-state index contributed by atoms with van der Waals surface area (Å²) < 4.78 is 5.86. The average Bonchev–Trinajstić information content (AvgIpc) is 3.51. The van der Waals surface area contributed by atoms with Gasteiger partial charge in [0.1, 0.15) is 6.10 Å². The Labute approximate surface area is 239 Å². The molecule has 1 saturated carbocycles. The molecular formula is C32H36BrN3O3. The second-order valence-corrected chi connectivity index (χ2v) is 11.5. The number of para-hydroxylation sites is 1. The van der Waals surface area contributed by atoms with Crippen LogP contribution >= 0.6 is 15.9 Å². The van der Waals surface area contributed by atoms with Gasteiger partial charge in [0.2, 0.25) is 0 Å². The van der Waals surface area contributed by atoms with Gasteiger partial charge in [-0.05, 0) is 60.4 Å². The maximum atomic E-state index is 12.8. The third kappa shape index (κ3) is 6.89. The third-order valence-electron chi connectivity index (χ3n) is 7.99. The molecule has 0 spiro atoms. The number of fused-ring (bicyclic) bond motifs is 1. The average molecular weight is 591 g/mol. The van der Waals surface area contributed by atoms with E-state index < -0.39 is 0 Å². The maximum Gasteiger partial charge on any atom is 0.411 e. The molecule has 1 heterocycles. The van der Waals surface area contributed by atoms with Crippen LogP contribution in [0.1, 0.15) is 28.8 Å². The number of likely N-dealkylation sites (tertiary alicyclic amines) is 1. The van der Waals surface area contributed by atoms with Gasteiger partial charge in [-0.2, -0.15) is 0 Å². The van der Waals surface area contributed by atoms with E-state index in [1.54, 1.807) is 0 Å². The van der Waals surface area contributed by atoms with Gasteiger partial charge >= 0.3 is 6.09 Å². The van der Waals surface area contributed by atoms with Gasteiger partial charge in [-0.15, -0.1) is 0 Å². The molecule has 1 aliphatic heterocycles. The summed E-state index contributed by atoms with van der Waals surface area (Å²) in [6.45, 7) is 3.54. The number of carbonyl (C=O) groups is 2. The summed E-state index contributed by atoms with van der Waals surface area (Å²) >= 11 is 3.46. The molecule has 0 bridgehead atoms. The van der Waals surface area contributed by atoms with Crippen LogP contribution in [0.15, 0.2) is 78.9 Å². The Morgan fingerprint density at radius 3 is 2.31 bits per heavy atom. The zero-order valence-corrected chi connectivity index (χ0v) is 24.0. The minimum atomic E-state index is -0.388. The number of carbonyl (C=O) groups excluding carboxylic acids is 2. The van der Waals surface area contributed by atoms with E-state index in [2.05, 4.69) is 26.1 Å². The molecule has 2 amide bonds. The molecule has 0 radical (unpaired) electrons. The number of ether oxygens (including phenoxy) is 1. The highest BCUT2D eigenvalue weighted by molar-refractivity contribution is 9.09. The summed E-state index contributed by atoms with van der Waals surface area (Å²) in [5.74, 6) is 1.12. The second kappa shape index (κ2) is 12.8. The smallest absolute Gasteiger partial charge is 0.411 e. The molecule has 5 rings (SSSR count). The molecule has 1 saturated heterocycles. The van der Waals surface area contributed by atoms with E-state index in [1.807, 2.05) is 90.8 Å². The van der Waals surface area contributed by atoms with Crippen molar-refractivity contribution in [1.29, 1.82) is 0 Å². The van der Waals surface area contributed by atoms with Crippen LogP contribution in [0.4, 0.5) is 10.5 Å². The summed E-state index contributed by atoms with van der Waals surface area (Å²) in [5.41, 5.74) is 4.75. The van der Waals surface area contributed by atoms with E-state index >= 15 is 0 Å². The van der Waals surface area contributed by atoms with E-state index in [4.69, 9.17) is 4.74 Å². The van der Waals surface area contributed by atoms with Crippen molar-refractivity contribution in [2.24, 2.45) is 11.8 Å². The number of amides is 2. The molecule has 2 fully saturated rings. The van der Waals surface area contributed by atoms with Crippen LogP contribution < -0.4 is 5.32 Å². The van der Waals surface area contributed by atoms with Crippen LogP contribution in [0.2, 0.25) is 0 Å². The van der Waals surface area contributed by atoms with Crippen molar-refractivity contribution < 1.29 is 14.3 Å². The zero-order chi connectivity index (χ0) is 27.2. The van der Waals surface area contributed by atoms with E-state index in [1.165, 1.54) is 5.56 Å². The molecule has 0 unspecified atom stereocenters. The third-order valence-corrected chi connectivity index (χ3v) is 8.38. The Hall–Kier alpha value is -3.16. The van der Waals surface area contributed by atoms with Crippen molar-refractivity contribution in [3.63, 3.8) is 0 Å². The lowest BCUT2D eigenvalue weighted by molar-refractivity contribution is 0.0778. The van der Waals surface area contributed by atoms with Gasteiger partial charge in [-0.1, -0.05) is 76.6 Å². The summed E-state index contributed by atoms with van der Waals surface area (Å²) in [6, 6.07) is 25.8. The molecule has 204 valence electrons. The molecule has 3 aromatic rings. The Balaban J connectivity index is 1.06. The fourth-order valence-corrected chi connectivity index (χ4v) is 6.37. The number of hydrogen-bond acceptors (Lipinski definition) is 4. The quantitative estimate of drug-likeness (QED) is 0.297. The monoisotopic (exact) mass is 589 g/mol. The first kappa shape index (κ1) is 27.4. The summed E-state index contributed by atoms with van der Waals surface area (Å²) in [7, 11) is 1.88. The fourth-order valence-electron chi connectivity index (χ4n) is 5.91. The number of benzene rings is 3. The van der Waals surface area contributed by atoms with Crippen LogP contribution in [0.25, 0.3) is 11.1 Å². The number of anilines is 1. The second-order valence-electron chi connectivity index (χ2n) is 10.7. The first-order valence-electron chi connectivity index (χ1n) is 13.7.